The molecule has 54 heavy (non-hydrogen) atoms. The van der Waals surface area contributed by atoms with Crippen LogP contribution in [0.15, 0.2) is 164 Å². The Kier molecular flexibility index (Phi) is 5.51. The molecule has 0 aliphatic heterocycles. The Hall–Kier alpha value is -6.88. The minimum absolute atomic E-state index is 1.15. The molecule has 13 aromatic rings. The summed E-state index contributed by atoms with van der Waals surface area (Å²) in [5, 5.41) is 15.5. The molecular weight excluding hydrogens is 675 g/mol. The third kappa shape index (κ3) is 3.80. The van der Waals surface area contributed by atoms with Gasteiger partial charge < -0.3 is 14.5 Å². The molecule has 0 atom stereocenters. The summed E-state index contributed by atoms with van der Waals surface area (Å²) >= 11 is 1.91. The van der Waals surface area contributed by atoms with Crippen LogP contribution >= 0.6 is 11.3 Å². The average molecular weight is 704 g/mol. The Labute approximate surface area is 312 Å². The SMILES string of the molecule is c1ccc2cc3c(cc2c1)sc1c3ccc2[nH]c3cc(-c4ccc(-n5c6ccccc6c6c7c(ccc65)[nH]c5ccc6ccccc6c57)cc4)ccc3c21. The zero-order chi connectivity index (χ0) is 35.1. The molecule has 3 nitrogen and oxygen atoms in total. The van der Waals surface area contributed by atoms with Crippen LogP contribution in [0.4, 0.5) is 0 Å². The number of thiophene rings is 1. The summed E-state index contributed by atoms with van der Waals surface area (Å²) in [4.78, 5) is 7.50. The van der Waals surface area contributed by atoms with Crippen molar-refractivity contribution in [1.82, 2.24) is 14.5 Å². The van der Waals surface area contributed by atoms with E-state index in [2.05, 4.69) is 178 Å². The van der Waals surface area contributed by atoms with Gasteiger partial charge in [-0.3, -0.25) is 0 Å². The van der Waals surface area contributed by atoms with Gasteiger partial charge in [0.15, 0.2) is 0 Å². The lowest BCUT2D eigenvalue weighted by Gasteiger charge is -2.10. The predicted octanol–water partition coefficient (Wildman–Crippen LogP) is 14.4. The standard InChI is InChI=1S/C50H29N3S/c1-2-9-31-27-45-38(25-30(31)8-1)35-20-22-40-47(50(35)54-45)36-19-15-32(26-42(36)52-40)28-13-17-33(18-14-28)53-43-12-6-5-11-37(43)48-44(53)24-23-41-49(48)46-34-10-4-3-7-29(34)16-21-39(46)51-41/h1-27,51-52H. The molecule has 0 amide bonds. The lowest BCUT2D eigenvalue weighted by Crippen LogP contribution is -1.93. The van der Waals surface area contributed by atoms with Gasteiger partial charge >= 0.3 is 0 Å². The van der Waals surface area contributed by atoms with Crippen LogP contribution in [0.1, 0.15) is 0 Å². The first-order valence-electron chi connectivity index (χ1n) is 18.5. The molecule has 13 rings (SSSR count). The third-order valence-electron chi connectivity index (χ3n) is 11.8. The average Bonchev–Trinajstić information content (AvgIpc) is 3.98. The van der Waals surface area contributed by atoms with Crippen molar-refractivity contribution >= 4 is 118 Å². The first-order chi connectivity index (χ1) is 26.7. The molecule has 250 valence electrons. The van der Waals surface area contributed by atoms with E-state index in [4.69, 9.17) is 0 Å². The first-order valence-corrected chi connectivity index (χ1v) is 19.3. The van der Waals surface area contributed by atoms with Gasteiger partial charge in [0.05, 0.1) is 11.0 Å². The maximum Gasteiger partial charge on any atom is 0.0548 e. The van der Waals surface area contributed by atoms with E-state index < -0.39 is 0 Å². The van der Waals surface area contributed by atoms with Crippen molar-refractivity contribution in [1.29, 1.82) is 0 Å². The molecule has 0 saturated heterocycles. The Balaban J connectivity index is 0.957. The molecule has 0 aliphatic rings. The molecule has 2 N–H and O–H groups in total. The van der Waals surface area contributed by atoms with Crippen LogP contribution in [0.3, 0.4) is 0 Å². The highest BCUT2D eigenvalue weighted by Gasteiger charge is 2.19. The molecular formula is C50H29N3S. The lowest BCUT2D eigenvalue weighted by atomic mass is 10.0. The fourth-order valence-electron chi connectivity index (χ4n) is 9.38. The number of nitrogens with one attached hydrogen (secondary N) is 2. The van der Waals surface area contributed by atoms with E-state index in [9.17, 15) is 0 Å². The van der Waals surface area contributed by atoms with Gasteiger partial charge in [0.2, 0.25) is 0 Å². The van der Waals surface area contributed by atoms with Gasteiger partial charge in [-0.1, -0.05) is 103 Å². The number of rotatable bonds is 2. The molecule has 4 heteroatoms. The van der Waals surface area contributed by atoms with Crippen LogP contribution in [0.25, 0.3) is 124 Å². The Morgan fingerprint density at radius 2 is 1.04 bits per heavy atom. The van der Waals surface area contributed by atoms with Crippen molar-refractivity contribution in [3.63, 3.8) is 0 Å². The van der Waals surface area contributed by atoms with Gasteiger partial charge in [0.1, 0.15) is 0 Å². The number of nitrogens with zero attached hydrogens (tertiary/aromatic N) is 1. The molecule has 0 spiro atoms. The van der Waals surface area contributed by atoms with Crippen LogP contribution in [0.2, 0.25) is 0 Å². The minimum Gasteiger partial charge on any atom is -0.354 e. The second kappa shape index (κ2) is 10.4. The number of hydrogen-bond donors (Lipinski definition) is 2. The molecule has 4 heterocycles. The third-order valence-corrected chi connectivity index (χ3v) is 13.0. The number of hydrogen-bond acceptors (Lipinski definition) is 1. The summed E-state index contributed by atoms with van der Waals surface area (Å²) in [7, 11) is 0. The molecule has 0 radical (unpaired) electrons. The summed E-state index contributed by atoms with van der Waals surface area (Å²) in [5.41, 5.74) is 10.7. The Morgan fingerprint density at radius 1 is 0.370 bits per heavy atom. The highest BCUT2D eigenvalue weighted by atomic mass is 32.1. The molecule has 0 unspecified atom stereocenters. The van der Waals surface area contributed by atoms with Crippen LogP contribution in [-0.4, -0.2) is 14.5 Å². The van der Waals surface area contributed by atoms with E-state index in [-0.39, 0.29) is 0 Å². The van der Waals surface area contributed by atoms with Gasteiger partial charge in [-0.15, -0.1) is 11.3 Å². The van der Waals surface area contributed by atoms with E-state index in [0.717, 1.165) is 5.69 Å². The van der Waals surface area contributed by atoms with E-state index in [1.54, 1.807) is 0 Å². The van der Waals surface area contributed by atoms with Gasteiger partial charge in [0, 0.05) is 80.2 Å². The fourth-order valence-corrected chi connectivity index (χ4v) is 10.7. The van der Waals surface area contributed by atoms with Crippen molar-refractivity contribution in [3.8, 4) is 16.8 Å². The van der Waals surface area contributed by atoms with Crippen molar-refractivity contribution in [2.75, 3.05) is 0 Å². The van der Waals surface area contributed by atoms with Crippen LogP contribution < -0.4 is 0 Å². The maximum atomic E-state index is 3.77. The number of fused-ring (bicyclic) bond motifs is 17. The minimum atomic E-state index is 1.15. The smallest absolute Gasteiger partial charge is 0.0548 e. The van der Waals surface area contributed by atoms with Gasteiger partial charge in [-0.05, 0) is 93.3 Å². The van der Waals surface area contributed by atoms with E-state index >= 15 is 0 Å². The summed E-state index contributed by atoms with van der Waals surface area (Å²) in [6, 6.07) is 60.5. The number of benzene rings is 9. The lowest BCUT2D eigenvalue weighted by molar-refractivity contribution is 1.18. The molecule has 0 aliphatic carbocycles. The largest absolute Gasteiger partial charge is 0.354 e. The van der Waals surface area contributed by atoms with Gasteiger partial charge in [0.25, 0.3) is 0 Å². The molecule has 4 aromatic heterocycles. The normalized spacial score (nSPS) is 12.4. The predicted molar refractivity (Wildman–Crippen MR) is 233 cm³/mol. The fraction of sp³-hybridized carbons (Fsp3) is 0. The Morgan fingerprint density at radius 3 is 1.93 bits per heavy atom. The Bertz CT molecular complexity index is 3720. The molecule has 0 fully saturated rings. The maximum absolute atomic E-state index is 3.77. The van der Waals surface area contributed by atoms with Crippen molar-refractivity contribution in [2.24, 2.45) is 0 Å². The summed E-state index contributed by atoms with van der Waals surface area (Å²) in [6.07, 6.45) is 0. The van der Waals surface area contributed by atoms with Crippen molar-refractivity contribution in [3.05, 3.63) is 164 Å². The highest BCUT2D eigenvalue weighted by molar-refractivity contribution is 7.26. The zero-order valence-electron chi connectivity index (χ0n) is 28.9. The molecule has 9 aromatic carbocycles. The number of para-hydroxylation sites is 1. The zero-order valence-corrected chi connectivity index (χ0v) is 29.8. The van der Waals surface area contributed by atoms with Crippen molar-refractivity contribution in [2.45, 2.75) is 0 Å². The summed E-state index contributed by atoms with van der Waals surface area (Å²) in [6.45, 7) is 0. The number of aromatic amines is 2. The highest BCUT2D eigenvalue weighted by Crippen LogP contribution is 2.44. The van der Waals surface area contributed by atoms with Crippen LogP contribution in [0.5, 0.6) is 0 Å². The van der Waals surface area contributed by atoms with Crippen molar-refractivity contribution < 1.29 is 0 Å². The van der Waals surface area contributed by atoms with E-state index in [1.165, 1.54) is 118 Å². The van der Waals surface area contributed by atoms with Gasteiger partial charge in [-0.2, -0.15) is 0 Å². The summed E-state index contributed by atoms with van der Waals surface area (Å²) < 4.78 is 5.12. The van der Waals surface area contributed by atoms with Crippen LogP contribution in [-0.2, 0) is 0 Å². The summed E-state index contributed by atoms with van der Waals surface area (Å²) in [5.74, 6) is 0. The van der Waals surface area contributed by atoms with Crippen LogP contribution in [0, 0.1) is 0 Å². The molecule has 0 bridgehead atoms. The first kappa shape index (κ1) is 28.7. The number of aromatic nitrogens is 3. The second-order valence-electron chi connectivity index (χ2n) is 14.7. The van der Waals surface area contributed by atoms with E-state index in [0.29, 0.717) is 0 Å². The quantitative estimate of drug-likeness (QED) is 0.180. The topological polar surface area (TPSA) is 36.5 Å². The van der Waals surface area contributed by atoms with E-state index in [1.807, 2.05) is 11.3 Å². The molecule has 0 saturated carbocycles. The number of H-pyrrole nitrogens is 2. The monoisotopic (exact) mass is 703 g/mol. The van der Waals surface area contributed by atoms with Gasteiger partial charge in [-0.25, -0.2) is 0 Å². The second-order valence-corrected chi connectivity index (χ2v) is 15.7.